The van der Waals surface area contributed by atoms with Gasteiger partial charge in [-0.1, -0.05) is 6.92 Å². The van der Waals surface area contributed by atoms with E-state index in [1.165, 1.54) is 12.1 Å². The molecule has 0 aliphatic carbocycles. The van der Waals surface area contributed by atoms with E-state index in [1.807, 2.05) is 13.8 Å². The van der Waals surface area contributed by atoms with Crippen LogP contribution in [0, 0.1) is 5.92 Å². The molecule has 1 aliphatic rings. The van der Waals surface area contributed by atoms with Crippen molar-refractivity contribution in [1.82, 2.24) is 9.62 Å². The molecule has 1 aromatic carbocycles. The smallest absolute Gasteiger partial charge is 0.240 e. The Morgan fingerprint density at radius 2 is 1.93 bits per heavy atom. The molecule has 9 heteroatoms. The first-order chi connectivity index (χ1) is 13.2. The Labute approximate surface area is 166 Å². The Hall–Kier alpha value is -1.97. The minimum atomic E-state index is -3.59. The highest BCUT2D eigenvalue weighted by molar-refractivity contribution is 7.89. The van der Waals surface area contributed by atoms with Crippen molar-refractivity contribution < 1.29 is 22.7 Å². The first-order valence-corrected chi connectivity index (χ1v) is 10.9. The number of rotatable bonds is 9. The summed E-state index contributed by atoms with van der Waals surface area (Å²) in [6.45, 7) is 6.35. The van der Waals surface area contributed by atoms with Gasteiger partial charge in [0.2, 0.25) is 21.8 Å². The minimum Gasteiger partial charge on any atom is -0.383 e. The van der Waals surface area contributed by atoms with Crippen molar-refractivity contribution in [2.24, 2.45) is 5.92 Å². The third-order valence-electron chi connectivity index (χ3n) is 4.87. The van der Waals surface area contributed by atoms with E-state index in [1.54, 1.807) is 31.1 Å². The highest BCUT2D eigenvalue weighted by atomic mass is 32.2. The molecule has 8 nitrogen and oxygen atoms in total. The van der Waals surface area contributed by atoms with E-state index in [0.29, 0.717) is 25.3 Å². The van der Waals surface area contributed by atoms with Crippen molar-refractivity contribution in [1.29, 1.82) is 0 Å². The van der Waals surface area contributed by atoms with E-state index in [0.717, 1.165) is 0 Å². The average Bonchev–Trinajstić information content (AvgIpc) is 3.04. The zero-order valence-electron chi connectivity index (χ0n) is 16.8. The predicted molar refractivity (Wildman–Crippen MR) is 106 cm³/mol. The lowest BCUT2D eigenvalue weighted by Gasteiger charge is -2.23. The summed E-state index contributed by atoms with van der Waals surface area (Å²) in [6.07, 6.45) is 0.846. The molecule has 156 valence electrons. The molecule has 28 heavy (non-hydrogen) atoms. The fourth-order valence-corrected chi connectivity index (χ4v) is 4.37. The number of sulfonamides is 1. The van der Waals surface area contributed by atoms with Crippen LogP contribution >= 0.6 is 0 Å². The molecule has 2 rings (SSSR count). The molecule has 1 saturated heterocycles. The van der Waals surface area contributed by atoms with Gasteiger partial charge in [0.1, 0.15) is 0 Å². The summed E-state index contributed by atoms with van der Waals surface area (Å²) in [5.41, 5.74) is 0.489. The fraction of sp³-hybridized carbons (Fsp3) is 0.579. The number of benzene rings is 1. The van der Waals surface area contributed by atoms with Gasteiger partial charge in [-0.2, -0.15) is 0 Å². The molecule has 1 fully saturated rings. The van der Waals surface area contributed by atoms with Crippen LogP contribution in [0.1, 0.15) is 33.6 Å². The van der Waals surface area contributed by atoms with Crippen molar-refractivity contribution in [3.05, 3.63) is 24.3 Å². The van der Waals surface area contributed by atoms with Crippen molar-refractivity contribution in [2.45, 2.75) is 50.6 Å². The van der Waals surface area contributed by atoms with Crippen LogP contribution in [0.4, 0.5) is 5.69 Å². The standard InChI is InChI=1S/C19H29N3O5S/c1-5-13(2)21-28(25,26)17-8-6-16(7-9-17)20-19(24)15-10-18(23)22(11-15)14(3)12-27-4/h6-9,13-15,21H,5,10-12H2,1-4H3,(H,20,24)/t13-,14+,15-/m1/s1. The molecule has 0 spiro atoms. The summed E-state index contributed by atoms with van der Waals surface area (Å²) >= 11 is 0. The Morgan fingerprint density at radius 1 is 1.29 bits per heavy atom. The molecule has 2 N–H and O–H groups in total. The number of nitrogens with zero attached hydrogens (tertiary/aromatic N) is 1. The summed E-state index contributed by atoms with van der Waals surface area (Å²) in [5.74, 6) is -0.765. The summed E-state index contributed by atoms with van der Waals surface area (Å²) < 4.78 is 32.2. The number of ether oxygens (including phenoxy) is 1. The second-order valence-corrected chi connectivity index (χ2v) is 8.91. The normalized spacial score (nSPS) is 19.5. The van der Waals surface area contributed by atoms with Crippen LogP contribution in [-0.4, -0.2) is 57.5 Å². The number of nitrogens with one attached hydrogen (secondary N) is 2. The Balaban J connectivity index is 1.99. The Bertz CT molecular complexity index is 794. The van der Waals surface area contributed by atoms with Crippen LogP contribution in [0.3, 0.4) is 0 Å². The molecule has 1 aliphatic heterocycles. The topological polar surface area (TPSA) is 105 Å². The average molecular weight is 412 g/mol. The summed E-state index contributed by atoms with van der Waals surface area (Å²) in [6, 6.07) is 5.75. The van der Waals surface area contributed by atoms with Crippen molar-refractivity contribution >= 4 is 27.5 Å². The number of amides is 2. The van der Waals surface area contributed by atoms with Gasteiger partial charge in [0, 0.05) is 31.8 Å². The quantitative estimate of drug-likeness (QED) is 0.642. The van der Waals surface area contributed by atoms with Gasteiger partial charge in [-0.25, -0.2) is 13.1 Å². The van der Waals surface area contributed by atoms with E-state index >= 15 is 0 Å². The number of likely N-dealkylation sites (tertiary alicyclic amines) is 1. The highest BCUT2D eigenvalue weighted by Crippen LogP contribution is 2.23. The number of carbonyl (C=O) groups is 2. The van der Waals surface area contributed by atoms with Crippen LogP contribution in [0.15, 0.2) is 29.2 Å². The molecule has 0 radical (unpaired) electrons. The van der Waals surface area contributed by atoms with Gasteiger partial charge >= 0.3 is 0 Å². The van der Waals surface area contributed by atoms with E-state index in [9.17, 15) is 18.0 Å². The van der Waals surface area contributed by atoms with Crippen molar-refractivity contribution in [3.8, 4) is 0 Å². The molecule has 3 atom stereocenters. The van der Waals surface area contributed by atoms with Crippen LogP contribution in [0.2, 0.25) is 0 Å². The number of hydrogen-bond acceptors (Lipinski definition) is 5. The molecule has 2 amide bonds. The van der Waals surface area contributed by atoms with E-state index in [2.05, 4.69) is 10.0 Å². The maximum Gasteiger partial charge on any atom is 0.240 e. The van der Waals surface area contributed by atoms with E-state index in [4.69, 9.17) is 4.74 Å². The Kier molecular flexibility index (Phi) is 7.56. The maximum absolute atomic E-state index is 12.5. The highest BCUT2D eigenvalue weighted by Gasteiger charge is 2.36. The van der Waals surface area contributed by atoms with Crippen molar-refractivity contribution in [2.75, 3.05) is 25.6 Å². The number of carbonyl (C=O) groups excluding carboxylic acids is 2. The van der Waals surface area contributed by atoms with Gasteiger partial charge < -0.3 is 15.0 Å². The molecule has 1 aromatic rings. The summed E-state index contributed by atoms with van der Waals surface area (Å²) in [4.78, 5) is 26.4. The summed E-state index contributed by atoms with van der Waals surface area (Å²) in [5, 5.41) is 2.76. The molecule has 1 heterocycles. The van der Waals surface area contributed by atoms with E-state index in [-0.39, 0.29) is 35.2 Å². The largest absolute Gasteiger partial charge is 0.383 e. The molecule has 0 bridgehead atoms. The first-order valence-electron chi connectivity index (χ1n) is 9.39. The van der Waals surface area contributed by atoms with Gasteiger partial charge in [-0.3, -0.25) is 9.59 Å². The van der Waals surface area contributed by atoms with E-state index < -0.39 is 15.9 Å². The molecule has 0 aromatic heterocycles. The Morgan fingerprint density at radius 3 is 2.50 bits per heavy atom. The number of hydrogen-bond donors (Lipinski definition) is 2. The van der Waals surface area contributed by atoms with Gasteiger partial charge in [0.25, 0.3) is 0 Å². The van der Waals surface area contributed by atoms with Crippen LogP contribution in [0.5, 0.6) is 0 Å². The van der Waals surface area contributed by atoms with Crippen molar-refractivity contribution in [3.63, 3.8) is 0 Å². The summed E-state index contributed by atoms with van der Waals surface area (Å²) in [7, 11) is -2.02. The second-order valence-electron chi connectivity index (χ2n) is 7.20. The first kappa shape index (κ1) is 22.3. The van der Waals surface area contributed by atoms with Crippen LogP contribution in [-0.2, 0) is 24.3 Å². The maximum atomic E-state index is 12.5. The zero-order valence-corrected chi connectivity index (χ0v) is 17.6. The molecular weight excluding hydrogens is 382 g/mol. The monoisotopic (exact) mass is 411 g/mol. The van der Waals surface area contributed by atoms with Gasteiger partial charge in [0.15, 0.2) is 0 Å². The zero-order chi connectivity index (χ0) is 20.9. The van der Waals surface area contributed by atoms with Crippen LogP contribution < -0.4 is 10.0 Å². The third-order valence-corrected chi connectivity index (χ3v) is 6.48. The lowest BCUT2D eigenvalue weighted by molar-refractivity contribution is -0.130. The van der Waals surface area contributed by atoms with Crippen LogP contribution in [0.25, 0.3) is 0 Å². The third kappa shape index (κ3) is 5.52. The fourth-order valence-electron chi connectivity index (χ4n) is 3.04. The minimum absolute atomic E-state index is 0.0674. The SMILES string of the molecule is CC[C@@H](C)NS(=O)(=O)c1ccc(NC(=O)[C@@H]2CC(=O)N([C@@H](C)COC)C2)cc1. The molecule has 0 unspecified atom stereocenters. The lowest BCUT2D eigenvalue weighted by Crippen LogP contribution is -2.38. The predicted octanol–water partition coefficient (Wildman–Crippen LogP) is 1.59. The van der Waals surface area contributed by atoms with Gasteiger partial charge in [0.05, 0.1) is 23.5 Å². The second kappa shape index (κ2) is 9.49. The number of methoxy groups -OCH3 is 1. The molecule has 0 saturated carbocycles. The van der Waals surface area contributed by atoms with Gasteiger partial charge in [-0.05, 0) is 44.5 Å². The molecular formula is C19H29N3O5S. The number of anilines is 1. The lowest BCUT2D eigenvalue weighted by atomic mass is 10.1. The van der Waals surface area contributed by atoms with Gasteiger partial charge in [-0.15, -0.1) is 0 Å².